The maximum atomic E-state index is 12.0. The van der Waals surface area contributed by atoms with E-state index in [0.29, 0.717) is 0 Å². The van der Waals surface area contributed by atoms with Crippen molar-refractivity contribution in [2.45, 2.75) is 18.6 Å². The predicted molar refractivity (Wildman–Crippen MR) is 65.7 cm³/mol. The number of ether oxygens (including phenoxy) is 2. The molecule has 0 spiro atoms. The van der Waals surface area contributed by atoms with Crippen LogP contribution in [0.3, 0.4) is 0 Å². The van der Waals surface area contributed by atoms with Crippen molar-refractivity contribution < 1.29 is 24.2 Å². The van der Waals surface area contributed by atoms with Crippen LogP contribution in [-0.4, -0.2) is 73.5 Å². The fraction of sp³-hybridized carbons (Fsp3) is 0.833. The summed E-state index contributed by atoms with van der Waals surface area (Å²) in [6.07, 6.45) is 0. The van der Waals surface area contributed by atoms with E-state index in [1.54, 1.807) is 7.05 Å². The number of aliphatic carboxylic acids is 1. The molecule has 2 atom stereocenters. The molecule has 2 N–H and O–H groups in total. The van der Waals surface area contributed by atoms with Crippen LogP contribution in [0.4, 0.5) is 0 Å². The smallest absolute Gasteiger partial charge is 0.311 e. The van der Waals surface area contributed by atoms with Crippen LogP contribution in [0.1, 0.15) is 6.92 Å². The van der Waals surface area contributed by atoms with E-state index in [1.807, 2.05) is 6.92 Å². The molecule has 108 valence electrons. The highest BCUT2D eigenvalue weighted by molar-refractivity contribution is 5.79. The largest absolute Gasteiger partial charge is 0.481 e. The van der Waals surface area contributed by atoms with Gasteiger partial charge in [0.2, 0.25) is 5.91 Å². The monoisotopic (exact) mass is 272 g/mol. The Kier molecular flexibility index (Phi) is 4.07. The molecule has 2 rings (SSSR count). The van der Waals surface area contributed by atoms with Gasteiger partial charge in [-0.1, -0.05) is 0 Å². The molecular formula is C12H20N2O5. The minimum Gasteiger partial charge on any atom is -0.481 e. The Hall–Kier alpha value is -1.18. The molecule has 7 nitrogen and oxygen atoms in total. The molecule has 0 bridgehead atoms. The fourth-order valence-electron chi connectivity index (χ4n) is 2.26. The third kappa shape index (κ3) is 3.05. The van der Waals surface area contributed by atoms with Gasteiger partial charge in [-0.15, -0.1) is 0 Å². The molecule has 2 aliphatic heterocycles. The van der Waals surface area contributed by atoms with E-state index >= 15 is 0 Å². The van der Waals surface area contributed by atoms with E-state index in [1.165, 1.54) is 4.90 Å². The number of carboxylic acid groups (broad SMARTS) is 1. The van der Waals surface area contributed by atoms with Crippen molar-refractivity contribution >= 4 is 11.9 Å². The third-order valence-corrected chi connectivity index (χ3v) is 3.80. The zero-order valence-electron chi connectivity index (χ0n) is 11.2. The summed E-state index contributed by atoms with van der Waals surface area (Å²) in [6.45, 7) is 3.79. The summed E-state index contributed by atoms with van der Waals surface area (Å²) in [4.78, 5) is 24.5. The van der Waals surface area contributed by atoms with Crippen molar-refractivity contribution in [2.75, 3.05) is 40.0 Å². The molecule has 19 heavy (non-hydrogen) atoms. The molecule has 1 amide bonds. The van der Waals surface area contributed by atoms with Crippen LogP contribution in [0.25, 0.3) is 0 Å². The fourth-order valence-corrected chi connectivity index (χ4v) is 2.26. The highest BCUT2D eigenvalue weighted by Crippen LogP contribution is 2.20. The van der Waals surface area contributed by atoms with E-state index in [-0.39, 0.29) is 31.3 Å². The molecule has 2 heterocycles. The van der Waals surface area contributed by atoms with E-state index in [2.05, 4.69) is 5.32 Å². The van der Waals surface area contributed by atoms with E-state index in [4.69, 9.17) is 14.6 Å². The Balaban J connectivity index is 1.86. The summed E-state index contributed by atoms with van der Waals surface area (Å²) in [5.41, 5.74) is -0.283. The number of likely N-dealkylation sites (N-methyl/N-ethyl adjacent to an activating group) is 1. The SMILES string of the molecule is CN(C(=O)COC1(C)CNC1)C1COCC1C(=O)O. The zero-order valence-corrected chi connectivity index (χ0v) is 11.2. The van der Waals surface area contributed by atoms with Crippen LogP contribution in [0.5, 0.6) is 0 Å². The molecule has 7 heteroatoms. The van der Waals surface area contributed by atoms with E-state index < -0.39 is 17.9 Å². The third-order valence-electron chi connectivity index (χ3n) is 3.80. The molecule has 0 saturated carbocycles. The van der Waals surface area contributed by atoms with Gasteiger partial charge in [-0.05, 0) is 6.92 Å². The van der Waals surface area contributed by atoms with Gasteiger partial charge in [0.15, 0.2) is 0 Å². The number of hydrogen-bond acceptors (Lipinski definition) is 5. The Morgan fingerprint density at radius 1 is 1.47 bits per heavy atom. The first-order chi connectivity index (χ1) is 8.93. The summed E-state index contributed by atoms with van der Waals surface area (Å²) in [7, 11) is 1.60. The average molecular weight is 272 g/mol. The summed E-state index contributed by atoms with van der Waals surface area (Å²) >= 11 is 0. The highest BCUT2D eigenvalue weighted by Gasteiger charge is 2.39. The van der Waals surface area contributed by atoms with E-state index in [0.717, 1.165) is 13.1 Å². The molecule has 2 unspecified atom stereocenters. The van der Waals surface area contributed by atoms with Crippen LogP contribution in [0.15, 0.2) is 0 Å². The van der Waals surface area contributed by atoms with Crippen LogP contribution < -0.4 is 5.32 Å². The van der Waals surface area contributed by atoms with Crippen LogP contribution in [-0.2, 0) is 19.1 Å². The van der Waals surface area contributed by atoms with Crippen LogP contribution >= 0.6 is 0 Å². The summed E-state index contributed by atoms with van der Waals surface area (Å²) in [5.74, 6) is -1.80. The van der Waals surface area contributed by atoms with Crippen molar-refractivity contribution in [3.63, 3.8) is 0 Å². The lowest BCUT2D eigenvalue weighted by Crippen LogP contribution is -2.60. The van der Waals surface area contributed by atoms with Gasteiger partial charge in [0, 0.05) is 20.1 Å². The topological polar surface area (TPSA) is 88.1 Å². The zero-order chi connectivity index (χ0) is 14.0. The van der Waals surface area contributed by atoms with Gasteiger partial charge >= 0.3 is 5.97 Å². The second kappa shape index (κ2) is 5.44. The number of rotatable bonds is 5. The minimum absolute atomic E-state index is 0.0302. The van der Waals surface area contributed by atoms with Gasteiger partial charge in [0.05, 0.1) is 24.9 Å². The Bertz CT molecular complexity index is 369. The second-order valence-corrected chi connectivity index (χ2v) is 5.40. The van der Waals surface area contributed by atoms with Crippen LogP contribution in [0, 0.1) is 5.92 Å². The second-order valence-electron chi connectivity index (χ2n) is 5.40. The number of nitrogens with zero attached hydrogens (tertiary/aromatic N) is 1. The molecule has 0 aromatic rings. The molecule has 0 aromatic heterocycles. The quantitative estimate of drug-likeness (QED) is 0.662. The van der Waals surface area contributed by atoms with Gasteiger partial charge in [-0.2, -0.15) is 0 Å². The first-order valence-corrected chi connectivity index (χ1v) is 6.34. The normalized spacial score (nSPS) is 28.7. The molecule has 0 radical (unpaired) electrons. The Labute approximate surface area is 111 Å². The summed E-state index contributed by atoms with van der Waals surface area (Å²) in [5, 5.41) is 12.1. The number of amides is 1. The Morgan fingerprint density at radius 3 is 2.68 bits per heavy atom. The lowest BCUT2D eigenvalue weighted by Gasteiger charge is -2.39. The maximum absolute atomic E-state index is 12.0. The predicted octanol–water partition coefficient (Wildman–Crippen LogP) is -1.08. The maximum Gasteiger partial charge on any atom is 0.311 e. The average Bonchev–Trinajstić information content (AvgIpc) is 2.81. The number of carboxylic acids is 1. The van der Waals surface area contributed by atoms with Gasteiger partial charge in [-0.3, -0.25) is 9.59 Å². The number of carbonyl (C=O) groups excluding carboxylic acids is 1. The molecule has 0 aromatic carbocycles. The highest BCUT2D eigenvalue weighted by atomic mass is 16.5. The molecule has 0 aliphatic carbocycles. The van der Waals surface area contributed by atoms with Gasteiger partial charge < -0.3 is 24.8 Å². The van der Waals surface area contributed by atoms with Crippen molar-refractivity contribution in [3.8, 4) is 0 Å². The first-order valence-electron chi connectivity index (χ1n) is 6.34. The number of nitrogens with one attached hydrogen (secondary N) is 1. The molecule has 2 fully saturated rings. The van der Waals surface area contributed by atoms with Gasteiger partial charge in [0.1, 0.15) is 12.5 Å². The lowest BCUT2D eigenvalue weighted by molar-refractivity contribution is -0.150. The lowest BCUT2D eigenvalue weighted by atomic mass is 10.00. The number of hydrogen-bond donors (Lipinski definition) is 2. The van der Waals surface area contributed by atoms with Crippen molar-refractivity contribution in [2.24, 2.45) is 5.92 Å². The first kappa shape index (κ1) is 14.2. The number of carbonyl (C=O) groups is 2. The Morgan fingerprint density at radius 2 is 2.16 bits per heavy atom. The van der Waals surface area contributed by atoms with E-state index in [9.17, 15) is 9.59 Å². The van der Waals surface area contributed by atoms with Gasteiger partial charge in [0.25, 0.3) is 0 Å². The molecule has 2 aliphatic rings. The van der Waals surface area contributed by atoms with Crippen molar-refractivity contribution in [3.05, 3.63) is 0 Å². The minimum atomic E-state index is -0.932. The molecular weight excluding hydrogens is 252 g/mol. The summed E-state index contributed by atoms with van der Waals surface area (Å²) < 4.78 is 10.7. The molecule has 2 saturated heterocycles. The standard InChI is InChI=1S/C12H20N2O5/c1-12(6-13-7-12)19-5-10(15)14(2)9-4-18-3-8(9)11(16)17/h8-9,13H,3-7H2,1-2H3,(H,16,17). The van der Waals surface area contributed by atoms with Crippen molar-refractivity contribution in [1.82, 2.24) is 10.2 Å². The summed E-state index contributed by atoms with van der Waals surface area (Å²) in [6, 6.07) is -0.416. The van der Waals surface area contributed by atoms with Gasteiger partial charge in [-0.25, -0.2) is 0 Å². The van der Waals surface area contributed by atoms with Crippen LogP contribution in [0.2, 0.25) is 0 Å². The van der Waals surface area contributed by atoms with Crippen molar-refractivity contribution in [1.29, 1.82) is 0 Å².